The smallest absolute Gasteiger partial charge is 0.0826 e. The lowest BCUT2D eigenvalue weighted by atomic mass is 9.69. The van der Waals surface area contributed by atoms with Gasteiger partial charge in [0.05, 0.1) is 5.60 Å². The van der Waals surface area contributed by atoms with Gasteiger partial charge >= 0.3 is 0 Å². The van der Waals surface area contributed by atoms with Gasteiger partial charge in [0.15, 0.2) is 0 Å². The average Bonchev–Trinajstić information content (AvgIpc) is 2.47. The third-order valence-corrected chi connectivity index (χ3v) is 4.02. The summed E-state index contributed by atoms with van der Waals surface area (Å²) in [4.78, 5) is 0. The lowest BCUT2D eigenvalue weighted by Gasteiger charge is -2.44. The Morgan fingerprint density at radius 2 is 1.85 bits per heavy atom. The van der Waals surface area contributed by atoms with Crippen molar-refractivity contribution >= 4 is 0 Å². The summed E-state index contributed by atoms with van der Waals surface area (Å²) in [6, 6.07) is 0. The number of hydrogen-bond acceptors (Lipinski definition) is 3. The molecule has 13 heavy (non-hydrogen) atoms. The Bertz CT molecular complexity index is 189. The van der Waals surface area contributed by atoms with Gasteiger partial charge in [-0.15, -0.1) is 0 Å². The standard InChI is InChI=1S/C10H19NO2/c11-8-10(12)3-1-2-9(10)4-6-13-7-5-9/h12H,1-8,11H2. The molecular weight excluding hydrogens is 166 g/mol. The molecule has 76 valence electrons. The molecule has 0 amide bonds. The number of aliphatic hydroxyl groups is 1. The molecule has 1 atom stereocenters. The molecule has 0 bridgehead atoms. The second-order valence-corrected chi connectivity index (χ2v) is 4.48. The largest absolute Gasteiger partial charge is 0.388 e. The summed E-state index contributed by atoms with van der Waals surface area (Å²) in [5.41, 5.74) is 5.17. The minimum Gasteiger partial charge on any atom is -0.388 e. The first-order chi connectivity index (χ1) is 6.22. The Labute approximate surface area is 79.3 Å². The van der Waals surface area contributed by atoms with Gasteiger partial charge in [0, 0.05) is 25.2 Å². The summed E-state index contributed by atoms with van der Waals surface area (Å²) in [5.74, 6) is 0. The molecule has 1 unspecified atom stereocenters. The lowest BCUT2D eigenvalue weighted by Crippen LogP contribution is -2.52. The van der Waals surface area contributed by atoms with Gasteiger partial charge in [0.1, 0.15) is 0 Å². The molecular formula is C10H19NO2. The van der Waals surface area contributed by atoms with Crippen LogP contribution in [0.15, 0.2) is 0 Å². The van der Waals surface area contributed by atoms with Crippen molar-refractivity contribution < 1.29 is 9.84 Å². The zero-order valence-electron chi connectivity index (χ0n) is 8.09. The van der Waals surface area contributed by atoms with Crippen LogP contribution in [-0.2, 0) is 4.74 Å². The minimum atomic E-state index is -0.600. The van der Waals surface area contributed by atoms with E-state index in [0.717, 1.165) is 45.3 Å². The van der Waals surface area contributed by atoms with Gasteiger partial charge in [-0.05, 0) is 32.1 Å². The highest BCUT2D eigenvalue weighted by Gasteiger charge is 2.53. The molecule has 0 aromatic heterocycles. The maximum atomic E-state index is 10.4. The number of hydrogen-bond donors (Lipinski definition) is 2. The Balaban J connectivity index is 2.18. The SMILES string of the molecule is NCC1(O)CCCC12CCOCC2. The third-order valence-electron chi connectivity index (χ3n) is 4.02. The molecule has 0 radical (unpaired) electrons. The first kappa shape index (κ1) is 9.44. The van der Waals surface area contributed by atoms with Crippen LogP contribution in [0.4, 0.5) is 0 Å². The maximum Gasteiger partial charge on any atom is 0.0826 e. The quantitative estimate of drug-likeness (QED) is 0.631. The molecule has 0 aromatic carbocycles. The molecule has 1 heterocycles. The zero-order chi connectivity index (χ0) is 9.36. The van der Waals surface area contributed by atoms with Crippen molar-refractivity contribution in [2.75, 3.05) is 19.8 Å². The van der Waals surface area contributed by atoms with E-state index < -0.39 is 5.60 Å². The van der Waals surface area contributed by atoms with Gasteiger partial charge in [-0.2, -0.15) is 0 Å². The molecule has 1 aliphatic carbocycles. The van der Waals surface area contributed by atoms with Crippen LogP contribution in [0, 0.1) is 5.41 Å². The molecule has 2 rings (SSSR count). The van der Waals surface area contributed by atoms with Crippen LogP contribution in [0.2, 0.25) is 0 Å². The van der Waals surface area contributed by atoms with Gasteiger partial charge in [-0.3, -0.25) is 0 Å². The summed E-state index contributed by atoms with van der Waals surface area (Å²) >= 11 is 0. The highest BCUT2D eigenvalue weighted by atomic mass is 16.5. The van der Waals surface area contributed by atoms with E-state index in [9.17, 15) is 5.11 Å². The summed E-state index contributed by atoms with van der Waals surface area (Å²) < 4.78 is 5.34. The van der Waals surface area contributed by atoms with Crippen LogP contribution in [0.1, 0.15) is 32.1 Å². The van der Waals surface area contributed by atoms with Gasteiger partial charge in [-0.25, -0.2) is 0 Å². The predicted octanol–water partition coefficient (Wildman–Crippen LogP) is 0.657. The van der Waals surface area contributed by atoms with Crippen molar-refractivity contribution in [3.8, 4) is 0 Å². The maximum absolute atomic E-state index is 10.4. The molecule has 1 saturated carbocycles. The van der Waals surface area contributed by atoms with E-state index >= 15 is 0 Å². The van der Waals surface area contributed by atoms with Gasteiger partial charge in [-0.1, -0.05) is 0 Å². The fourth-order valence-corrected chi connectivity index (χ4v) is 3.01. The van der Waals surface area contributed by atoms with E-state index in [2.05, 4.69) is 0 Å². The summed E-state index contributed by atoms with van der Waals surface area (Å²) in [6.07, 6.45) is 5.10. The highest BCUT2D eigenvalue weighted by Crippen LogP contribution is 2.52. The van der Waals surface area contributed by atoms with Crippen molar-refractivity contribution in [1.82, 2.24) is 0 Å². The fourth-order valence-electron chi connectivity index (χ4n) is 3.01. The van der Waals surface area contributed by atoms with Crippen molar-refractivity contribution in [1.29, 1.82) is 0 Å². The summed E-state index contributed by atoms with van der Waals surface area (Å²) in [5, 5.41) is 10.4. The van der Waals surface area contributed by atoms with Crippen LogP contribution in [-0.4, -0.2) is 30.5 Å². The molecule has 3 nitrogen and oxygen atoms in total. The van der Waals surface area contributed by atoms with Gasteiger partial charge < -0.3 is 15.6 Å². The molecule has 0 aromatic rings. The zero-order valence-corrected chi connectivity index (χ0v) is 8.09. The number of nitrogens with two attached hydrogens (primary N) is 1. The van der Waals surface area contributed by atoms with Crippen LogP contribution in [0.3, 0.4) is 0 Å². The summed E-state index contributed by atoms with van der Waals surface area (Å²) in [6.45, 7) is 2.00. The van der Waals surface area contributed by atoms with Crippen molar-refractivity contribution in [3.05, 3.63) is 0 Å². The van der Waals surface area contributed by atoms with Crippen LogP contribution in [0.25, 0.3) is 0 Å². The van der Waals surface area contributed by atoms with Gasteiger partial charge in [0.2, 0.25) is 0 Å². The molecule has 1 aliphatic heterocycles. The van der Waals surface area contributed by atoms with Crippen molar-refractivity contribution in [2.45, 2.75) is 37.7 Å². The number of rotatable bonds is 1. The van der Waals surface area contributed by atoms with E-state index in [-0.39, 0.29) is 5.41 Å². The van der Waals surface area contributed by atoms with E-state index in [0.29, 0.717) is 6.54 Å². The highest BCUT2D eigenvalue weighted by molar-refractivity contribution is 5.05. The number of ether oxygens (including phenoxy) is 1. The van der Waals surface area contributed by atoms with E-state index in [1.165, 1.54) is 0 Å². The van der Waals surface area contributed by atoms with Crippen molar-refractivity contribution in [3.63, 3.8) is 0 Å². The van der Waals surface area contributed by atoms with E-state index in [1.54, 1.807) is 0 Å². The third kappa shape index (κ3) is 1.30. The minimum absolute atomic E-state index is 0.0833. The Morgan fingerprint density at radius 1 is 1.15 bits per heavy atom. The molecule has 3 heteroatoms. The Morgan fingerprint density at radius 3 is 2.46 bits per heavy atom. The second-order valence-electron chi connectivity index (χ2n) is 4.48. The second kappa shape index (κ2) is 3.23. The monoisotopic (exact) mass is 185 g/mol. The Kier molecular flexibility index (Phi) is 2.34. The predicted molar refractivity (Wildman–Crippen MR) is 50.3 cm³/mol. The molecule has 2 aliphatic rings. The molecule has 2 fully saturated rings. The molecule has 1 spiro atoms. The van der Waals surface area contributed by atoms with E-state index in [1.807, 2.05) is 0 Å². The summed E-state index contributed by atoms with van der Waals surface area (Å²) in [7, 11) is 0. The average molecular weight is 185 g/mol. The van der Waals surface area contributed by atoms with Crippen LogP contribution < -0.4 is 5.73 Å². The fraction of sp³-hybridized carbons (Fsp3) is 1.00. The topological polar surface area (TPSA) is 55.5 Å². The van der Waals surface area contributed by atoms with Crippen LogP contribution in [0.5, 0.6) is 0 Å². The van der Waals surface area contributed by atoms with Gasteiger partial charge in [0.25, 0.3) is 0 Å². The molecule has 3 N–H and O–H groups in total. The molecule has 1 saturated heterocycles. The van der Waals surface area contributed by atoms with E-state index in [4.69, 9.17) is 10.5 Å². The first-order valence-electron chi connectivity index (χ1n) is 5.23. The van der Waals surface area contributed by atoms with Crippen LogP contribution >= 0.6 is 0 Å². The first-order valence-corrected chi connectivity index (χ1v) is 5.23. The lowest BCUT2D eigenvalue weighted by molar-refractivity contribution is -0.107. The normalized spacial score (nSPS) is 38.3. The Hall–Kier alpha value is -0.120. The van der Waals surface area contributed by atoms with Crippen molar-refractivity contribution in [2.24, 2.45) is 11.1 Å².